The summed E-state index contributed by atoms with van der Waals surface area (Å²) < 4.78 is 13.3. The Kier molecular flexibility index (Phi) is 5.57. The fourth-order valence-electron chi connectivity index (χ4n) is 2.06. The maximum atomic E-state index is 5.84. The van der Waals surface area contributed by atoms with Crippen molar-refractivity contribution in [1.82, 2.24) is 20.1 Å². The molecule has 1 heterocycles. The van der Waals surface area contributed by atoms with Crippen molar-refractivity contribution in [3.8, 4) is 11.5 Å². The number of hydrogen-bond acceptors (Lipinski definition) is 5. The van der Waals surface area contributed by atoms with Crippen molar-refractivity contribution in [3.05, 3.63) is 35.9 Å². The third kappa shape index (κ3) is 3.95. The Morgan fingerprint density at radius 3 is 2.76 bits per heavy atom. The third-order valence-corrected chi connectivity index (χ3v) is 3.04. The SMILES string of the molecule is CCOc1cc(CNC)ccc1OCc1ncnn1CC. The molecule has 0 bridgehead atoms. The minimum atomic E-state index is 0.374. The summed E-state index contributed by atoms with van der Waals surface area (Å²) in [5.41, 5.74) is 1.16. The Morgan fingerprint density at radius 1 is 1.19 bits per heavy atom. The zero-order chi connectivity index (χ0) is 15.1. The van der Waals surface area contributed by atoms with E-state index < -0.39 is 0 Å². The second kappa shape index (κ2) is 7.64. The van der Waals surface area contributed by atoms with Gasteiger partial charge in [-0.25, -0.2) is 9.67 Å². The molecule has 21 heavy (non-hydrogen) atoms. The van der Waals surface area contributed by atoms with Crippen molar-refractivity contribution in [1.29, 1.82) is 0 Å². The molecule has 1 N–H and O–H groups in total. The van der Waals surface area contributed by atoms with Crippen molar-refractivity contribution in [2.75, 3.05) is 13.7 Å². The van der Waals surface area contributed by atoms with Crippen LogP contribution in [-0.4, -0.2) is 28.4 Å². The minimum Gasteiger partial charge on any atom is -0.490 e. The Morgan fingerprint density at radius 2 is 2.05 bits per heavy atom. The van der Waals surface area contributed by atoms with Gasteiger partial charge < -0.3 is 14.8 Å². The van der Waals surface area contributed by atoms with E-state index in [1.54, 1.807) is 6.33 Å². The lowest BCUT2D eigenvalue weighted by Crippen LogP contribution is -2.09. The number of nitrogens with zero attached hydrogens (tertiary/aromatic N) is 3. The first kappa shape index (κ1) is 15.3. The van der Waals surface area contributed by atoms with E-state index in [1.165, 1.54) is 0 Å². The topological polar surface area (TPSA) is 61.2 Å². The summed E-state index contributed by atoms with van der Waals surface area (Å²) in [4.78, 5) is 4.20. The van der Waals surface area contributed by atoms with Gasteiger partial charge in [-0.05, 0) is 38.6 Å². The number of nitrogens with one attached hydrogen (secondary N) is 1. The number of hydrogen-bond donors (Lipinski definition) is 1. The average Bonchev–Trinajstić information content (AvgIpc) is 2.94. The summed E-state index contributed by atoms with van der Waals surface area (Å²) in [5.74, 6) is 2.29. The number of aromatic nitrogens is 3. The molecule has 0 amide bonds. The van der Waals surface area contributed by atoms with Gasteiger partial charge in [-0.3, -0.25) is 0 Å². The van der Waals surface area contributed by atoms with E-state index in [0.717, 1.165) is 36.0 Å². The molecule has 0 atom stereocenters. The van der Waals surface area contributed by atoms with Gasteiger partial charge in [0.05, 0.1) is 6.61 Å². The maximum absolute atomic E-state index is 5.84. The van der Waals surface area contributed by atoms with E-state index in [2.05, 4.69) is 15.4 Å². The zero-order valence-corrected chi connectivity index (χ0v) is 12.8. The van der Waals surface area contributed by atoms with Crippen molar-refractivity contribution in [3.63, 3.8) is 0 Å². The van der Waals surface area contributed by atoms with Gasteiger partial charge in [-0.2, -0.15) is 5.10 Å². The van der Waals surface area contributed by atoms with Crippen LogP contribution in [0.3, 0.4) is 0 Å². The standard InChI is InChI=1S/C15H22N4O2/c1-4-19-15(17-11-18-19)10-21-13-7-6-12(9-16-3)8-14(13)20-5-2/h6-8,11,16H,4-5,9-10H2,1-3H3. The Bertz CT molecular complexity index is 569. The molecule has 0 saturated carbocycles. The third-order valence-electron chi connectivity index (χ3n) is 3.04. The van der Waals surface area contributed by atoms with Crippen LogP contribution in [-0.2, 0) is 19.7 Å². The fourth-order valence-corrected chi connectivity index (χ4v) is 2.06. The molecule has 2 rings (SSSR count). The second-order valence-electron chi connectivity index (χ2n) is 4.53. The molecule has 1 aromatic heterocycles. The molecule has 114 valence electrons. The van der Waals surface area contributed by atoms with Gasteiger partial charge in [0, 0.05) is 13.1 Å². The zero-order valence-electron chi connectivity index (χ0n) is 12.8. The molecule has 1 aromatic carbocycles. The highest BCUT2D eigenvalue weighted by Crippen LogP contribution is 2.29. The first-order valence-corrected chi connectivity index (χ1v) is 7.18. The van der Waals surface area contributed by atoms with E-state index in [4.69, 9.17) is 9.47 Å². The molecular weight excluding hydrogens is 268 g/mol. The van der Waals surface area contributed by atoms with Crippen LogP contribution in [0.15, 0.2) is 24.5 Å². The predicted molar refractivity (Wildman–Crippen MR) is 80.4 cm³/mol. The quantitative estimate of drug-likeness (QED) is 0.805. The van der Waals surface area contributed by atoms with Gasteiger partial charge in [0.25, 0.3) is 0 Å². The Balaban J connectivity index is 2.11. The summed E-state index contributed by atoms with van der Waals surface area (Å²) in [5, 5.41) is 7.25. The number of benzene rings is 1. The van der Waals surface area contributed by atoms with E-state index in [-0.39, 0.29) is 0 Å². The summed E-state index contributed by atoms with van der Waals surface area (Å²) in [6, 6.07) is 5.96. The molecule has 0 radical (unpaired) electrons. The van der Waals surface area contributed by atoms with Gasteiger partial charge in [0.15, 0.2) is 17.3 Å². The molecule has 6 heteroatoms. The van der Waals surface area contributed by atoms with E-state index in [0.29, 0.717) is 13.2 Å². The van der Waals surface area contributed by atoms with Gasteiger partial charge in [0.1, 0.15) is 12.9 Å². The van der Waals surface area contributed by atoms with Crippen LogP contribution in [0.5, 0.6) is 11.5 Å². The molecule has 0 aliphatic heterocycles. The number of rotatable bonds is 8. The van der Waals surface area contributed by atoms with Crippen LogP contribution in [0, 0.1) is 0 Å². The van der Waals surface area contributed by atoms with Crippen molar-refractivity contribution in [2.24, 2.45) is 0 Å². The fraction of sp³-hybridized carbons (Fsp3) is 0.467. The molecular formula is C15H22N4O2. The molecule has 0 saturated heterocycles. The Labute approximate surface area is 125 Å². The molecule has 0 fully saturated rings. The minimum absolute atomic E-state index is 0.374. The van der Waals surface area contributed by atoms with Crippen molar-refractivity contribution >= 4 is 0 Å². The predicted octanol–water partition coefficient (Wildman–Crippen LogP) is 2.00. The molecule has 0 aliphatic rings. The second-order valence-corrected chi connectivity index (χ2v) is 4.53. The van der Waals surface area contributed by atoms with Crippen LogP contribution >= 0.6 is 0 Å². The van der Waals surface area contributed by atoms with Crippen molar-refractivity contribution < 1.29 is 9.47 Å². The summed E-state index contributed by atoms with van der Waals surface area (Å²) in [6.45, 7) is 6.53. The van der Waals surface area contributed by atoms with E-state index >= 15 is 0 Å². The Hall–Kier alpha value is -2.08. The molecule has 2 aromatic rings. The van der Waals surface area contributed by atoms with Crippen molar-refractivity contribution in [2.45, 2.75) is 33.5 Å². The van der Waals surface area contributed by atoms with Crippen LogP contribution in [0.25, 0.3) is 0 Å². The summed E-state index contributed by atoms with van der Waals surface area (Å²) in [7, 11) is 1.92. The first-order chi connectivity index (χ1) is 10.3. The maximum Gasteiger partial charge on any atom is 0.164 e. The van der Waals surface area contributed by atoms with Gasteiger partial charge in [-0.15, -0.1) is 0 Å². The summed E-state index contributed by atoms with van der Waals surface area (Å²) in [6.07, 6.45) is 1.54. The molecule has 0 unspecified atom stereocenters. The number of ether oxygens (including phenoxy) is 2. The lowest BCUT2D eigenvalue weighted by atomic mass is 10.2. The lowest BCUT2D eigenvalue weighted by molar-refractivity contribution is 0.258. The van der Waals surface area contributed by atoms with Crippen LogP contribution in [0.2, 0.25) is 0 Å². The monoisotopic (exact) mass is 290 g/mol. The smallest absolute Gasteiger partial charge is 0.164 e. The normalized spacial score (nSPS) is 10.6. The largest absolute Gasteiger partial charge is 0.490 e. The first-order valence-electron chi connectivity index (χ1n) is 7.18. The van der Waals surface area contributed by atoms with Gasteiger partial charge in [-0.1, -0.05) is 6.07 Å². The van der Waals surface area contributed by atoms with Crippen LogP contribution < -0.4 is 14.8 Å². The van der Waals surface area contributed by atoms with E-state index in [1.807, 2.05) is 43.8 Å². The summed E-state index contributed by atoms with van der Waals surface area (Å²) >= 11 is 0. The van der Waals surface area contributed by atoms with Gasteiger partial charge in [0.2, 0.25) is 0 Å². The van der Waals surface area contributed by atoms with Crippen LogP contribution in [0.4, 0.5) is 0 Å². The highest BCUT2D eigenvalue weighted by molar-refractivity contribution is 5.43. The molecule has 6 nitrogen and oxygen atoms in total. The number of aryl methyl sites for hydroxylation is 1. The lowest BCUT2D eigenvalue weighted by Gasteiger charge is -2.13. The van der Waals surface area contributed by atoms with Gasteiger partial charge >= 0.3 is 0 Å². The molecule has 0 aliphatic carbocycles. The van der Waals surface area contributed by atoms with Crippen LogP contribution in [0.1, 0.15) is 25.2 Å². The molecule has 0 spiro atoms. The highest BCUT2D eigenvalue weighted by Gasteiger charge is 2.09. The van der Waals surface area contributed by atoms with E-state index in [9.17, 15) is 0 Å². The average molecular weight is 290 g/mol. The highest BCUT2D eigenvalue weighted by atomic mass is 16.5.